The van der Waals surface area contributed by atoms with E-state index in [1.807, 2.05) is 20.8 Å². The van der Waals surface area contributed by atoms with Crippen LogP contribution < -0.4 is 4.90 Å². The van der Waals surface area contributed by atoms with Crippen LogP contribution in [0.15, 0.2) is 18.2 Å². The highest BCUT2D eigenvalue weighted by molar-refractivity contribution is 5.94. The van der Waals surface area contributed by atoms with Gasteiger partial charge in [0.05, 0.1) is 16.8 Å². The van der Waals surface area contributed by atoms with Crippen LogP contribution >= 0.6 is 0 Å². The number of rotatable bonds is 5. The number of carboxylic acids is 1. The summed E-state index contributed by atoms with van der Waals surface area (Å²) < 4.78 is 37.9. The summed E-state index contributed by atoms with van der Waals surface area (Å²) in [6.45, 7) is 6.89. The summed E-state index contributed by atoms with van der Waals surface area (Å²) in [7, 11) is 0. The average molecular weight is 289 g/mol. The third kappa shape index (κ3) is 3.88. The van der Waals surface area contributed by atoms with Gasteiger partial charge in [0, 0.05) is 13.1 Å². The van der Waals surface area contributed by atoms with Gasteiger partial charge in [-0.2, -0.15) is 13.2 Å². The second-order valence-corrected chi connectivity index (χ2v) is 4.97. The van der Waals surface area contributed by atoms with Gasteiger partial charge in [-0.1, -0.05) is 13.8 Å². The first-order valence-corrected chi connectivity index (χ1v) is 6.36. The van der Waals surface area contributed by atoms with Gasteiger partial charge in [-0.3, -0.25) is 0 Å². The standard InChI is InChI=1S/C14H18F3NO2/c1-4-18(8-9(2)3)12-6-5-10(14(15,16)17)7-11(12)13(19)20/h5-7,9H,4,8H2,1-3H3,(H,19,20). The zero-order valence-corrected chi connectivity index (χ0v) is 11.7. The highest BCUT2D eigenvalue weighted by atomic mass is 19.4. The molecule has 1 N–H and O–H groups in total. The molecule has 0 heterocycles. The summed E-state index contributed by atoms with van der Waals surface area (Å²) in [6, 6.07) is 2.85. The molecule has 0 spiro atoms. The van der Waals surface area contributed by atoms with E-state index >= 15 is 0 Å². The van der Waals surface area contributed by atoms with Gasteiger partial charge in [0.15, 0.2) is 0 Å². The molecule has 0 fully saturated rings. The monoisotopic (exact) mass is 289 g/mol. The lowest BCUT2D eigenvalue weighted by atomic mass is 10.1. The Morgan fingerprint density at radius 2 is 1.95 bits per heavy atom. The molecule has 1 aromatic carbocycles. The normalized spacial score (nSPS) is 11.8. The predicted octanol–water partition coefficient (Wildman–Crippen LogP) is 3.89. The number of hydrogen-bond donors (Lipinski definition) is 1. The zero-order valence-electron chi connectivity index (χ0n) is 11.7. The van der Waals surface area contributed by atoms with Crippen LogP contribution in [-0.2, 0) is 6.18 Å². The molecule has 0 amide bonds. The fourth-order valence-corrected chi connectivity index (χ4v) is 2.00. The van der Waals surface area contributed by atoms with Gasteiger partial charge >= 0.3 is 12.1 Å². The third-order valence-corrected chi connectivity index (χ3v) is 2.86. The fourth-order valence-electron chi connectivity index (χ4n) is 2.00. The molecule has 20 heavy (non-hydrogen) atoms. The molecule has 0 aromatic heterocycles. The van der Waals surface area contributed by atoms with Gasteiger partial charge in [0.1, 0.15) is 0 Å². The Balaban J connectivity index is 3.29. The minimum absolute atomic E-state index is 0.277. The Morgan fingerprint density at radius 1 is 1.35 bits per heavy atom. The predicted molar refractivity (Wildman–Crippen MR) is 71.1 cm³/mol. The molecule has 0 radical (unpaired) electrons. The van der Waals surface area contributed by atoms with E-state index in [9.17, 15) is 18.0 Å². The maximum Gasteiger partial charge on any atom is 0.416 e. The van der Waals surface area contributed by atoms with Crippen molar-refractivity contribution in [2.75, 3.05) is 18.0 Å². The van der Waals surface area contributed by atoms with E-state index in [0.29, 0.717) is 24.8 Å². The number of carbonyl (C=O) groups is 1. The van der Waals surface area contributed by atoms with Crippen molar-refractivity contribution in [1.82, 2.24) is 0 Å². The van der Waals surface area contributed by atoms with E-state index in [2.05, 4.69) is 0 Å². The van der Waals surface area contributed by atoms with Crippen LogP contribution in [0.2, 0.25) is 0 Å². The second kappa shape index (κ2) is 6.15. The van der Waals surface area contributed by atoms with E-state index in [4.69, 9.17) is 5.11 Å². The van der Waals surface area contributed by atoms with Crippen LogP contribution in [0.5, 0.6) is 0 Å². The van der Waals surface area contributed by atoms with Crippen LogP contribution in [0.4, 0.5) is 18.9 Å². The number of anilines is 1. The number of halogens is 3. The average Bonchev–Trinajstić information content (AvgIpc) is 2.33. The van der Waals surface area contributed by atoms with Crippen LogP contribution in [0, 0.1) is 5.92 Å². The molecule has 0 atom stereocenters. The number of aromatic carboxylic acids is 1. The highest BCUT2D eigenvalue weighted by Crippen LogP contribution is 2.33. The quantitative estimate of drug-likeness (QED) is 0.894. The number of carboxylic acid groups (broad SMARTS) is 1. The summed E-state index contributed by atoms with van der Waals surface area (Å²) >= 11 is 0. The molecule has 0 unspecified atom stereocenters. The van der Waals surface area contributed by atoms with E-state index in [1.54, 1.807) is 4.90 Å². The number of alkyl halides is 3. The number of nitrogens with zero attached hydrogens (tertiary/aromatic N) is 1. The molecule has 0 aliphatic rings. The van der Waals surface area contributed by atoms with Crippen molar-refractivity contribution in [2.45, 2.75) is 26.9 Å². The van der Waals surface area contributed by atoms with Crippen molar-refractivity contribution in [2.24, 2.45) is 5.92 Å². The van der Waals surface area contributed by atoms with E-state index in [1.165, 1.54) is 6.07 Å². The Labute approximate surface area is 116 Å². The van der Waals surface area contributed by atoms with E-state index < -0.39 is 17.7 Å². The number of hydrogen-bond acceptors (Lipinski definition) is 2. The van der Waals surface area contributed by atoms with Crippen molar-refractivity contribution in [3.8, 4) is 0 Å². The van der Waals surface area contributed by atoms with Gasteiger partial charge in [0.25, 0.3) is 0 Å². The summed E-state index contributed by atoms with van der Waals surface area (Å²) in [5, 5.41) is 9.14. The fraction of sp³-hybridized carbons (Fsp3) is 0.500. The van der Waals surface area contributed by atoms with E-state index in [0.717, 1.165) is 6.07 Å². The lowest BCUT2D eigenvalue weighted by Gasteiger charge is -2.27. The van der Waals surface area contributed by atoms with E-state index in [-0.39, 0.29) is 11.5 Å². The summed E-state index contributed by atoms with van der Waals surface area (Å²) in [5.41, 5.74) is -0.941. The molecule has 0 saturated heterocycles. The molecule has 0 saturated carbocycles. The molecule has 0 aliphatic carbocycles. The van der Waals surface area contributed by atoms with Crippen LogP contribution in [0.1, 0.15) is 36.7 Å². The molecule has 0 aliphatic heterocycles. The minimum Gasteiger partial charge on any atom is -0.478 e. The lowest BCUT2D eigenvalue weighted by Crippen LogP contribution is -2.29. The molecular formula is C14H18F3NO2. The van der Waals surface area contributed by atoms with Crippen molar-refractivity contribution >= 4 is 11.7 Å². The maximum atomic E-state index is 12.6. The molecule has 6 heteroatoms. The summed E-state index contributed by atoms with van der Waals surface area (Å²) in [6.07, 6.45) is -4.54. The topological polar surface area (TPSA) is 40.5 Å². The minimum atomic E-state index is -4.54. The zero-order chi connectivity index (χ0) is 15.5. The summed E-state index contributed by atoms with van der Waals surface area (Å²) in [4.78, 5) is 13.0. The van der Waals surface area contributed by atoms with Crippen molar-refractivity contribution in [3.05, 3.63) is 29.3 Å². The third-order valence-electron chi connectivity index (χ3n) is 2.86. The van der Waals surface area contributed by atoms with Gasteiger partial charge in [-0.05, 0) is 31.0 Å². The van der Waals surface area contributed by atoms with Gasteiger partial charge in [0.2, 0.25) is 0 Å². The van der Waals surface area contributed by atoms with Crippen molar-refractivity contribution in [3.63, 3.8) is 0 Å². The lowest BCUT2D eigenvalue weighted by molar-refractivity contribution is -0.137. The second-order valence-electron chi connectivity index (χ2n) is 4.97. The molecule has 1 aromatic rings. The SMILES string of the molecule is CCN(CC(C)C)c1ccc(C(F)(F)F)cc1C(=O)O. The van der Waals surface area contributed by atoms with Gasteiger partial charge < -0.3 is 10.0 Å². The van der Waals surface area contributed by atoms with Gasteiger partial charge in [-0.15, -0.1) is 0 Å². The Morgan fingerprint density at radius 3 is 2.35 bits per heavy atom. The number of benzene rings is 1. The smallest absolute Gasteiger partial charge is 0.416 e. The van der Waals surface area contributed by atoms with Crippen LogP contribution in [0.25, 0.3) is 0 Å². The summed E-state index contributed by atoms with van der Waals surface area (Å²) in [5.74, 6) is -1.08. The Bertz CT molecular complexity index is 484. The maximum absolute atomic E-state index is 12.6. The first kappa shape index (κ1) is 16.3. The van der Waals surface area contributed by atoms with Crippen LogP contribution in [-0.4, -0.2) is 24.2 Å². The highest BCUT2D eigenvalue weighted by Gasteiger charge is 2.32. The molecule has 1 rings (SSSR count). The van der Waals surface area contributed by atoms with Crippen molar-refractivity contribution in [1.29, 1.82) is 0 Å². The molecule has 3 nitrogen and oxygen atoms in total. The molecule has 0 bridgehead atoms. The Kier molecular flexibility index (Phi) is 5.03. The first-order valence-electron chi connectivity index (χ1n) is 6.36. The van der Waals surface area contributed by atoms with Crippen LogP contribution in [0.3, 0.4) is 0 Å². The Hall–Kier alpha value is -1.72. The molecular weight excluding hydrogens is 271 g/mol. The molecule has 112 valence electrons. The first-order chi connectivity index (χ1) is 9.16. The van der Waals surface area contributed by atoms with Crippen molar-refractivity contribution < 1.29 is 23.1 Å². The largest absolute Gasteiger partial charge is 0.478 e. The van der Waals surface area contributed by atoms with Gasteiger partial charge in [-0.25, -0.2) is 4.79 Å².